The average molecular weight is 341 g/mol. The van der Waals surface area contributed by atoms with Crippen molar-refractivity contribution in [2.24, 2.45) is 29.1 Å². The minimum absolute atomic E-state index is 0. The van der Waals surface area contributed by atoms with E-state index in [9.17, 15) is 4.79 Å². The first kappa shape index (κ1) is 17.5. The van der Waals surface area contributed by atoms with E-state index >= 15 is 0 Å². The first-order valence-electron chi connectivity index (χ1n) is 9.62. The van der Waals surface area contributed by atoms with Gasteiger partial charge >= 0.3 is 0 Å². The highest BCUT2D eigenvalue weighted by Crippen LogP contribution is 2.61. The van der Waals surface area contributed by atoms with Crippen LogP contribution in [0, 0.1) is 29.1 Å². The molecule has 2 N–H and O–H groups in total. The molecule has 1 heterocycles. The molecule has 4 aliphatic carbocycles. The van der Waals surface area contributed by atoms with Crippen molar-refractivity contribution in [1.82, 2.24) is 10.6 Å². The number of nitrogens with one attached hydrogen (secondary N) is 2. The van der Waals surface area contributed by atoms with E-state index in [-0.39, 0.29) is 12.4 Å². The molecule has 4 saturated carbocycles. The monoisotopic (exact) mass is 340 g/mol. The molecular weight excluding hydrogens is 308 g/mol. The number of rotatable bonds is 4. The van der Waals surface area contributed by atoms with Crippen LogP contribution in [-0.2, 0) is 4.79 Å². The van der Waals surface area contributed by atoms with Gasteiger partial charge in [0.25, 0.3) is 0 Å². The van der Waals surface area contributed by atoms with Crippen LogP contribution in [0.4, 0.5) is 0 Å². The van der Waals surface area contributed by atoms with Crippen molar-refractivity contribution >= 4 is 18.3 Å². The highest BCUT2D eigenvalue weighted by atomic mass is 35.5. The van der Waals surface area contributed by atoms with Gasteiger partial charge in [-0.05, 0) is 100 Å². The molecule has 0 aromatic carbocycles. The Morgan fingerprint density at radius 1 is 1.17 bits per heavy atom. The number of hydrogen-bond acceptors (Lipinski definition) is 2. The maximum Gasteiger partial charge on any atom is 0.220 e. The van der Waals surface area contributed by atoms with E-state index < -0.39 is 0 Å². The summed E-state index contributed by atoms with van der Waals surface area (Å²) in [7, 11) is 0. The molecule has 2 atom stereocenters. The molecule has 4 heteroatoms. The van der Waals surface area contributed by atoms with Crippen LogP contribution in [-0.4, -0.2) is 25.0 Å². The van der Waals surface area contributed by atoms with E-state index in [0.717, 1.165) is 37.3 Å². The van der Waals surface area contributed by atoms with E-state index in [1.54, 1.807) is 0 Å². The van der Waals surface area contributed by atoms with Gasteiger partial charge in [0.1, 0.15) is 0 Å². The van der Waals surface area contributed by atoms with Gasteiger partial charge in [0.05, 0.1) is 0 Å². The number of carbonyl (C=O) groups is 1. The summed E-state index contributed by atoms with van der Waals surface area (Å²) in [6, 6.07) is 0.328. The third-order valence-corrected chi connectivity index (χ3v) is 7.13. The second kappa shape index (κ2) is 6.92. The van der Waals surface area contributed by atoms with Crippen molar-refractivity contribution in [3.05, 3.63) is 0 Å². The maximum atomic E-state index is 12.6. The van der Waals surface area contributed by atoms with Gasteiger partial charge in [-0.2, -0.15) is 0 Å². The van der Waals surface area contributed by atoms with E-state index in [1.807, 2.05) is 0 Å². The van der Waals surface area contributed by atoms with Crippen LogP contribution in [0.25, 0.3) is 0 Å². The smallest absolute Gasteiger partial charge is 0.220 e. The number of amides is 1. The van der Waals surface area contributed by atoms with Gasteiger partial charge in [-0.25, -0.2) is 0 Å². The molecule has 0 spiro atoms. The molecule has 0 aromatic rings. The normalized spacial score (nSPS) is 42.8. The molecule has 4 bridgehead atoms. The summed E-state index contributed by atoms with van der Waals surface area (Å²) in [4.78, 5) is 12.6. The van der Waals surface area contributed by atoms with E-state index in [0.29, 0.717) is 23.3 Å². The first-order chi connectivity index (χ1) is 10.6. The Morgan fingerprint density at radius 2 is 1.78 bits per heavy atom. The fourth-order valence-electron chi connectivity index (χ4n) is 6.58. The Kier molecular flexibility index (Phi) is 5.27. The highest BCUT2D eigenvalue weighted by molar-refractivity contribution is 5.85. The van der Waals surface area contributed by atoms with Crippen molar-refractivity contribution in [2.45, 2.75) is 70.8 Å². The summed E-state index contributed by atoms with van der Waals surface area (Å²) in [6.45, 7) is 4.42. The lowest BCUT2D eigenvalue weighted by atomic mass is 9.49. The Balaban J connectivity index is 0.00000156. The fourth-order valence-corrected chi connectivity index (χ4v) is 6.58. The Labute approximate surface area is 147 Å². The van der Waals surface area contributed by atoms with Crippen molar-refractivity contribution < 1.29 is 4.79 Å². The van der Waals surface area contributed by atoms with Crippen LogP contribution in [0.5, 0.6) is 0 Å². The third-order valence-electron chi connectivity index (χ3n) is 7.13. The topological polar surface area (TPSA) is 41.1 Å². The minimum Gasteiger partial charge on any atom is -0.353 e. The first-order valence-corrected chi connectivity index (χ1v) is 9.62. The maximum absolute atomic E-state index is 12.6. The Morgan fingerprint density at radius 3 is 2.30 bits per heavy atom. The minimum atomic E-state index is 0. The molecule has 2 unspecified atom stereocenters. The molecule has 132 valence electrons. The number of halogens is 1. The third kappa shape index (κ3) is 3.71. The quantitative estimate of drug-likeness (QED) is 0.822. The molecule has 0 aromatic heterocycles. The molecule has 5 rings (SSSR count). The molecule has 23 heavy (non-hydrogen) atoms. The van der Waals surface area contributed by atoms with Crippen molar-refractivity contribution in [3.8, 4) is 0 Å². The zero-order chi connectivity index (χ0) is 15.2. The molecule has 0 radical (unpaired) electrons. The molecule has 5 fully saturated rings. The standard InChI is InChI=1S/C19H32N2O.ClH/c1-13(17-3-2-4-20-12-17)21-18(22)11-19-8-14-5-15(9-19)7-16(6-14)10-19;/h13-17,20H,2-12H2,1H3,(H,21,22);1H. The van der Waals surface area contributed by atoms with Crippen molar-refractivity contribution in [2.75, 3.05) is 13.1 Å². The summed E-state index contributed by atoms with van der Waals surface area (Å²) in [5, 5.41) is 6.81. The van der Waals surface area contributed by atoms with Crippen LogP contribution in [0.3, 0.4) is 0 Å². The molecule has 3 nitrogen and oxygen atoms in total. The van der Waals surface area contributed by atoms with Gasteiger partial charge in [0, 0.05) is 12.5 Å². The summed E-state index contributed by atoms with van der Waals surface area (Å²) < 4.78 is 0. The molecule has 1 aliphatic heterocycles. The predicted octanol–water partition coefficient (Wildman–Crippen LogP) is 3.52. The number of hydrogen-bond donors (Lipinski definition) is 2. The number of carbonyl (C=O) groups excluding carboxylic acids is 1. The highest BCUT2D eigenvalue weighted by Gasteiger charge is 2.51. The fraction of sp³-hybridized carbons (Fsp3) is 0.947. The Bertz CT molecular complexity index is 398. The van der Waals surface area contributed by atoms with Crippen LogP contribution >= 0.6 is 12.4 Å². The van der Waals surface area contributed by atoms with Crippen LogP contribution < -0.4 is 10.6 Å². The largest absolute Gasteiger partial charge is 0.353 e. The van der Waals surface area contributed by atoms with Gasteiger partial charge in [0.15, 0.2) is 0 Å². The molecule has 5 aliphatic rings. The molecular formula is C19H33ClN2O. The lowest BCUT2D eigenvalue weighted by Crippen LogP contribution is -2.50. The molecule has 1 amide bonds. The predicted molar refractivity (Wildman–Crippen MR) is 95.7 cm³/mol. The van der Waals surface area contributed by atoms with Crippen molar-refractivity contribution in [3.63, 3.8) is 0 Å². The van der Waals surface area contributed by atoms with E-state index in [1.165, 1.54) is 51.4 Å². The van der Waals surface area contributed by atoms with Gasteiger partial charge < -0.3 is 10.6 Å². The van der Waals surface area contributed by atoms with Gasteiger partial charge in [0.2, 0.25) is 5.91 Å². The summed E-state index contributed by atoms with van der Waals surface area (Å²) in [6.07, 6.45) is 11.7. The lowest BCUT2D eigenvalue weighted by molar-refractivity contribution is -0.130. The summed E-state index contributed by atoms with van der Waals surface area (Å²) in [5.74, 6) is 3.78. The van der Waals surface area contributed by atoms with Crippen molar-refractivity contribution in [1.29, 1.82) is 0 Å². The zero-order valence-corrected chi connectivity index (χ0v) is 15.3. The van der Waals surface area contributed by atoms with Crippen LogP contribution in [0.15, 0.2) is 0 Å². The zero-order valence-electron chi connectivity index (χ0n) is 14.5. The SMILES string of the molecule is CC(NC(=O)CC12CC3CC(CC(C3)C1)C2)C1CCCNC1.Cl. The van der Waals surface area contributed by atoms with Gasteiger partial charge in [-0.1, -0.05) is 0 Å². The Hall–Kier alpha value is -0.280. The number of piperidine rings is 1. The van der Waals surface area contributed by atoms with E-state index in [4.69, 9.17) is 0 Å². The summed E-state index contributed by atoms with van der Waals surface area (Å²) >= 11 is 0. The second-order valence-electron chi connectivity index (χ2n) is 9.06. The molecule has 1 saturated heterocycles. The van der Waals surface area contributed by atoms with Gasteiger partial charge in [-0.15, -0.1) is 12.4 Å². The average Bonchev–Trinajstić information content (AvgIpc) is 2.45. The lowest BCUT2D eigenvalue weighted by Gasteiger charge is -2.56. The second-order valence-corrected chi connectivity index (χ2v) is 9.06. The van der Waals surface area contributed by atoms with Crippen LogP contribution in [0.1, 0.15) is 64.7 Å². The van der Waals surface area contributed by atoms with E-state index in [2.05, 4.69) is 17.6 Å². The van der Waals surface area contributed by atoms with Crippen LogP contribution in [0.2, 0.25) is 0 Å². The summed E-state index contributed by atoms with van der Waals surface area (Å²) in [5.41, 5.74) is 0.378. The van der Waals surface area contributed by atoms with Gasteiger partial charge in [-0.3, -0.25) is 4.79 Å².